The molecule has 1 atom stereocenters. The lowest BCUT2D eigenvalue weighted by Gasteiger charge is -2.13. The van der Waals surface area contributed by atoms with Gasteiger partial charge < -0.3 is 15.4 Å². The molecule has 2 N–H and O–H groups in total. The van der Waals surface area contributed by atoms with Gasteiger partial charge in [0.25, 0.3) is 5.91 Å². The Hall–Kier alpha value is -2.34. The van der Waals surface area contributed by atoms with E-state index >= 15 is 0 Å². The first kappa shape index (κ1) is 20.0. The summed E-state index contributed by atoms with van der Waals surface area (Å²) in [6, 6.07) is 12.9. The third-order valence-electron chi connectivity index (χ3n) is 3.96. The number of benzene rings is 2. The van der Waals surface area contributed by atoms with Crippen LogP contribution in [0.5, 0.6) is 5.75 Å². The molecule has 0 aliphatic carbocycles. The van der Waals surface area contributed by atoms with Crippen LogP contribution in [-0.2, 0) is 9.59 Å². The van der Waals surface area contributed by atoms with Gasteiger partial charge in [-0.1, -0.05) is 26.0 Å². The van der Waals surface area contributed by atoms with Crippen LogP contribution in [0.2, 0.25) is 0 Å². The molecule has 0 saturated heterocycles. The number of hydrogen-bond acceptors (Lipinski definition) is 3. The maximum absolute atomic E-state index is 12.1. The zero-order valence-electron chi connectivity index (χ0n) is 15.1. The fourth-order valence-electron chi connectivity index (χ4n) is 2.39. The summed E-state index contributed by atoms with van der Waals surface area (Å²) < 4.78 is 6.43. The largest absolute Gasteiger partial charge is 0.483 e. The topological polar surface area (TPSA) is 67.4 Å². The van der Waals surface area contributed by atoms with Gasteiger partial charge in [0.1, 0.15) is 5.75 Å². The molecule has 6 heteroatoms. The number of carbonyl (C=O) groups excluding carboxylic acids is 2. The SMILES string of the molecule is CCC(C)c1ccc(OCC(=O)Nc2cccc(NC(C)=O)c2)c(Br)c1. The lowest BCUT2D eigenvalue weighted by molar-refractivity contribution is -0.118. The maximum atomic E-state index is 12.1. The standard InChI is InChI=1S/C20H23BrN2O3/c1-4-13(2)15-8-9-19(18(21)10-15)26-12-20(25)23-17-7-5-6-16(11-17)22-14(3)24/h5-11,13H,4,12H2,1-3H3,(H,22,24)(H,23,25). The van der Waals surface area contributed by atoms with Crippen molar-refractivity contribution in [2.24, 2.45) is 0 Å². The van der Waals surface area contributed by atoms with Crippen molar-refractivity contribution >= 4 is 39.1 Å². The molecule has 0 fully saturated rings. The molecule has 5 nitrogen and oxygen atoms in total. The summed E-state index contributed by atoms with van der Waals surface area (Å²) in [5.74, 6) is 0.657. The smallest absolute Gasteiger partial charge is 0.262 e. The lowest BCUT2D eigenvalue weighted by atomic mass is 9.99. The third kappa shape index (κ3) is 5.88. The van der Waals surface area contributed by atoms with E-state index in [1.54, 1.807) is 24.3 Å². The number of anilines is 2. The van der Waals surface area contributed by atoms with E-state index < -0.39 is 0 Å². The van der Waals surface area contributed by atoms with Gasteiger partial charge in [0.05, 0.1) is 4.47 Å². The van der Waals surface area contributed by atoms with E-state index in [1.807, 2.05) is 18.2 Å². The first-order chi connectivity index (χ1) is 12.4. The Morgan fingerprint density at radius 1 is 1.12 bits per heavy atom. The van der Waals surface area contributed by atoms with Crippen molar-refractivity contribution in [2.75, 3.05) is 17.2 Å². The Morgan fingerprint density at radius 2 is 1.81 bits per heavy atom. The van der Waals surface area contributed by atoms with E-state index in [2.05, 4.69) is 40.4 Å². The predicted molar refractivity (Wildman–Crippen MR) is 108 cm³/mol. The third-order valence-corrected chi connectivity index (χ3v) is 4.58. The van der Waals surface area contributed by atoms with Gasteiger partial charge in [0, 0.05) is 18.3 Å². The molecular weight excluding hydrogens is 396 g/mol. The van der Waals surface area contributed by atoms with Crippen molar-refractivity contribution in [1.82, 2.24) is 0 Å². The van der Waals surface area contributed by atoms with Crippen LogP contribution >= 0.6 is 15.9 Å². The minimum atomic E-state index is -0.275. The van der Waals surface area contributed by atoms with Crippen LogP contribution in [0.1, 0.15) is 38.7 Å². The summed E-state index contributed by atoms with van der Waals surface area (Å²) in [7, 11) is 0. The van der Waals surface area contributed by atoms with E-state index in [0.717, 1.165) is 10.9 Å². The van der Waals surface area contributed by atoms with Crippen molar-refractivity contribution < 1.29 is 14.3 Å². The average Bonchev–Trinajstić information content (AvgIpc) is 2.59. The van der Waals surface area contributed by atoms with Gasteiger partial charge in [0.15, 0.2) is 6.61 Å². The zero-order chi connectivity index (χ0) is 19.1. The number of ether oxygens (including phenoxy) is 1. The van der Waals surface area contributed by atoms with Crippen molar-refractivity contribution in [3.8, 4) is 5.75 Å². The van der Waals surface area contributed by atoms with Crippen LogP contribution in [0.25, 0.3) is 0 Å². The van der Waals surface area contributed by atoms with Gasteiger partial charge in [-0.15, -0.1) is 0 Å². The summed E-state index contributed by atoms with van der Waals surface area (Å²) in [6.07, 6.45) is 1.06. The van der Waals surface area contributed by atoms with Gasteiger partial charge in [-0.3, -0.25) is 9.59 Å². The first-order valence-electron chi connectivity index (χ1n) is 8.48. The molecule has 26 heavy (non-hydrogen) atoms. The normalized spacial score (nSPS) is 11.5. The molecule has 0 saturated carbocycles. The Labute approximate surface area is 162 Å². The van der Waals surface area contributed by atoms with Gasteiger partial charge in [-0.2, -0.15) is 0 Å². The Bertz CT molecular complexity index is 792. The number of halogens is 1. The molecule has 0 bridgehead atoms. The summed E-state index contributed by atoms with van der Waals surface area (Å²) in [6.45, 7) is 5.65. The second-order valence-corrected chi connectivity index (χ2v) is 6.95. The maximum Gasteiger partial charge on any atom is 0.262 e. The molecular formula is C20H23BrN2O3. The molecule has 138 valence electrons. The second-order valence-electron chi connectivity index (χ2n) is 6.10. The Kier molecular flexibility index (Phi) is 7.21. The monoisotopic (exact) mass is 418 g/mol. The number of carbonyl (C=O) groups is 2. The molecule has 0 spiro atoms. The summed E-state index contributed by atoms with van der Waals surface area (Å²) in [5.41, 5.74) is 2.45. The van der Waals surface area contributed by atoms with Gasteiger partial charge in [-0.25, -0.2) is 0 Å². The average molecular weight is 419 g/mol. The Morgan fingerprint density at radius 3 is 2.42 bits per heavy atom. The highest BCUT2D eigenvalue weighted by Gasteiger charge is 2.10. The summed E-state index contributed by atoms with van der Waals surface area (Å²) in [4.78, 5) is 23.2. The van der Waals surface area contributed by atoms with Crippen molar-refractivity contribution in [3.63, 3.8) is 0 Å². The lowest BCUT2D eigenvalue weighted by Crippen LogP contribution is -2.20. The van der Waals surface area contributed by atoms with E-state index in [1.165, 1.54) is 12.5 Å². The first-order valence-corrected chi connectivity index (χ1v) is 9.28. The minimum Gasteiger partial charge on any atom is -0.483 e. The molecule has 1 unspecified atom stereocenters. The highest BCUT2D eigenvalue weighted by molar-refractivity contribution is 9.10. The van der Waals surface area contributed by atoms with Crippen molar-refractivity contribution in [2.45, 2.75) is 33.1 Å². The predicted octanol–water partition coefficient (Wildman–Crippen LogP) is 4.94. The van der Waals surface area contributed by atoms with Crippen molar-refractivity contribution in [1.29, 1.82) is 0 Å². The van der Waals surface area contributed by atoms with Crippen LogP contribution in [0.15, 0.2) is 46.9 Å². The molecule has 0 radical (unpaired) electrons. The summed E-state index contributed by atoms with van der Waals surface area (Å²) >= 11 is 3.50. The number of amides is 2. The molecule has 0 heterocycles. The van der Waals surface area contributed by atoms with Crippen LogP contribution in [-0.4, -0.2) is 18.4 Å². The highest BCUT2D eigenvalue weighted by Crippen LogP contribution is 2.30. The molecule has 2 rings (SSSR count). The molecule has 0 aliphatic heterocycles. The van der Waals surface area contributed by atoms with Crippen LogP contribution in [0, 0.1) is 0 Å². The Balaban J connectivity index is 1.94. The van der Waals surface area contributed by atoms with Crippen molar-refractivity contribution in [3.05, 3.63) is 52.5 Å². The molecule has 0 aliphatic rings. The van der Waals surface area contributed by atoms with Crippen LogP contribution in [0.4, 0.5) is 11.4 Å². The number of rotatable bonds is 7. The number of nitrogens with one attached hydrogen (secondary N) is 2. The van der Waals surface area contributed by atoms with E-state index in [9.17, 15) is 9.59 Å². The minimum absolute atomic E-state index is 0.106. The number of hydrogen-bond donors (Lipinski definition) is 2. The molecule has 0 aromatic heterocycles. The van der Waals surface area contributed by atoms with E-state index in [4.69, 9.17) is 4.74 Å². The molecule has 2 amide bonds. The van der Waals surface area contributed by atoms with Gasteiger partial charge in [0.2, 0.25) is 5.91 Å². The van der Waals surface area contributed by atoms with Crippen LogP contribution < -0.4 is 15.4 Å². The zero-order valence-corrected chi connectivity index (χ0v) is 16.7. The fraction of sp³-hybridized carbons (Fsp3) is 0.300. The highest BCUT2D eigenvalue weighted by atomic mass is 79.9. The van der Waals surface area contributed by atoms with E-state index in [-0.39, 0.29) is 18.4 Å². The quantitative estimate of drug-likeness (QED) is 0.668. The van der Waals surface area contributed by atoms with Gasteiger partial charge in [-0.05, 0) is 64.2 Å². The summed E-state index contributed by atoms with van der Waals surface area (Å²) in [5, 5.41) is 5.43. The van der Waals surface area contributed by atoms with Gasteiger partial charge >= 0.3 is 0 Å². The second kappa shape index (κ2) is 9.38. The molecule has 2 aromatic carbocycles. The van der Waals surface area contributed by atoms with E-state index in [0.29, 0.717) is 23.0 Å². The fourth-order valence-corrected chi connectivity index (χ4v) is 2.91. The van der Waals surface area contributed by atoms with Crippen LogP contribution in [0.3, 0.4) is 0 Å². The molecule has 2 aromatic rings.